The molecule has 0 amide bonds. The second kappa shape index (κ2) is 6.12. The minimum absolute atomic E-state index is 0.423. The van der Waals surface area contributed by atoms with Crippen LogP contribution in [-0.2, 0) is 0 Å². The Bertz CT molecular complexity index is 325. The van der Waals surface area contributed by atoms with Crippen LogP contribution in [0.2, 0.25) is 0 Å². The van der Waals surface area contributed by atoms with E-state index in [0.29, 0.717) is 12.1 Å². The van der Waals surface area contributed by atoms with Gasteiger partial charge in [-0.05, 0) is 64.0 Å². The Morgan fingerprint density at radius 3 is 2.82 bits per heavy atom. The highest BCUT2D eigenvalue weighted by Gasteiger charge is 2.16. The molecule has 0 spiro atoms. The molecule has 0 aliphatic carbocycles. The van der Waals surface area contributed by atoms with Crippen molar-refractivity contribution in [2.75, 3.05) is 20.1 Å². The second-order valence-electron chi connectivity index (χ2n) is 5.10. The summed E-state index contributed by atoms with van der Waals surface area (Å²) < 4.78 is 0. The Morgan fingerprint density at radius 1 is 1.29 bits per heavy atom. The van der Waals surface area contributed by atoms with Crippen molar-refractivity contribution >= 4 is 0 Å². The second-order valence-corrected chi connectivity index (χ2v) is 5.10. The van der Waals surface area contributed by atoms with E-state index in [4.69, 9.17) is 0 Å². The SMILES string of the molecule is C[C@H](NC1CCCN(C)CC1)c1ccncc1. The molecule has 0 radical (unpaired) electrons. The van der Waals surface area contributed by atoms with Crippen LogP contribution in [0.1, 0.15) is 37.8 Å². The third-order valence-corrected chi connectivity index (χ3v) is 3.64. The van der Waals surface area contributed by atoms with Gasteiger partial charge in [-0.15, -0.1) is 0 Å². The highest BCUT2D eigenvalue weighted by atomic mass is 15.1. The maximum Gasteiger partial charge on any atom is 0.0295 e. The van der Waals surface area contributed by atoms with E-state index in [-0.39, 0.29) is 0 Å². The van der Waals surface area contributed by atoms with E-state index in [1.165, 1.54) is 37.9 Å². The summed E-state index contributed by atoms with van der Waals surface area (Å²) in [5.41, 5.74) is 1.33. The molecule has 1 saturated heterocycles. The van der Waals surface area contributed by atoms with Gasteiger partial charge < -0.3 is 10.2 Å². The van der Waals surface area contributed by atoms with E-state index < -0.39 is 0 Å². The molecular weight excluding hydrogens is 210 g/mol. The zero-order valence-electron chi connectivity index (χ0n) is 10.9. The lowest BCUT2D eigenvalue weighted by Crippen LogP contribution is -2.32. The molecule has 1 aromatic rings. The maximum atomic E-state index is 4.07. The van der Waals surface area contributed by atoms with Crippen molar-refractivity contribution in [1.82, 2.24) is 15.2 Å². The largest absolute Gasteiger partial charge is 0.307 e. The van der Waals surface area contributed by atoms with Crippen LogP contribution >= 0.6 is 0 Å². The molecule has 1 aromatic heterocycles. The van der Waals surface area contributed by atoms with Crippen LogP contribution < -0.4 is 5.32 Å². The molecule has 1 N–H and O–H groups in total. The molecule has 0 bridgehead atoms. The number of likely N-dealkylation sites (tertiary alicyclic amines) is 1. The van der Waals surface area contributed by atoms with Crippen molar-refractivity contribution in [2.24, 2.45) is 0 Å². The van der Waals surface area contributed by atoms with Crippen molar-refractivity contribution in [2.45, 2.75) is 38.3 Å². The number of hydrogen-bond acceptors (Lipinski definition) is 3. The molecule has 1 unspecified atom stereocenters. The van der Waals surface area contributed by atoms with E-state index in [1.807, 2.05) is 12.4 Å². The summed E-state index contributed by atoms with van der Waals surface area (Å²) in [6.45, 7) is 4.69. The quantitative estimate of drug-likeness (QED) is 0.867. The first-order valence-corrected chi connectivity index (χ1v) is 6.60. The number of nitrogens with zero attached hydrogens (tertiary/aromatic N) is 2. The lowest BCUT2D eigenvalue weighted by molar-refractivity contribution is 0.340. The first-order valence-electron chi connectivity index (χ1n) is 6.60. The average molecular weight is 233 g/mol. The highest BCUT2D eigenvalue weighted by molar-refractivity contribution is 5.14. The Labute approximate surface area is 104 Å². The van der Waals surface area contributed by atoms with E-state index in [1.54, 1.807) is 0 Å². The lowest BCUT2D eigenvalue weighted by Gasteiger charge is -2.22. The zero-order valence-corrected chi connectivity index (χ0v) is 10.9. The Kier molecular flexibility index (Phi) is 4.51. The molecule has 1 aliphatic heterocycles. The fourth-order valence-corrected chi connectivity index (χ4v) is 2.51. The van der Waals surface area contributed by atoms with Gasteiger partial charge in [0.25, 0.3) is 0 Å². The number of pyridine rings is 1. The van der Waals surface area contributed by atoms with Gasteiger partial charge in [-0.25, -0.2) is 0 Å². The van der Waals surface area contributed by atoms with Crippen LogP contribution in [0.4, 0.5) is 0 Å². The Hall–Kier alpha value is -0.930. The molecule has 0 saturated carbocycles. The molecule has 1 aliphatic rings. The summed E-state index contributed by atoms with van der Waals surface area (Å²) >= 11 is 0. The molecule has 2 atom stereocenters. The summed E-state index contributed by atoms with van der Waals surface area (Å²) in [6.07, 6.45) is 7.59. The predicted molar refractivity (Wildman–Crippen MR) is 70.9 cm³/mol. The minimum Gasteiger partial charge on any atom is -0.307 e. The third-order valence-electron chi connectivity index (χ3n) is 3.64. The zero-order chi connectivity index (χ0) is 12.1. The summed E-state index contributed by atoms with van der Waals surface area (Å²) in [6, 6.07) is 5.27. The summed E-state index contributed by atoms with van der Waals surface area (Å²) in [7, 11) is 2.22. The predicted octanol–water partition coefficient (Wildman–Crippen LogP) is 2.22. The third kappa shape index (κ3) is 3.79. The van der Waals surface area contributed by atoms with Crippen LogP contribution in [0, 0.1) is 0 Å². The van der Waals surface area contributed by atoms with E-state index >= 15 is 0 Å². The fourth-order valence-electron chi connectivity index (χ4n) is 2.51. The van der Waals surface area contributed by atoms with Gasteiger partial charge >= 0.3 is 0 Å². The Morgan fingerprint density at radius 2 is 2.06 bits per heavy atom. The van der Waals surface area contributed by atoms with Gasteiger partial charge in [0.15, 0.2) is 0 Å². The van der Waals surface area contributed by atoms with Crippen LogP contribution in [-0.4, -0.2) is 36.1 Å². The lowest BCUT2D eigenvalue weighted by atomic mass is 10.1. The van der Waals surface area contributed by atoms with E-state index in [2.05, 4.69) is 41.3 Å². The van der Waals surface area contributed by atoms with E-state index in [0.717, 1.165) is 0 Å². The molecule has 94 valence electrons. The molecule has 2 rings (SSSR count). The van der Waals surface area contributed by atoms with Crippen LogP contribution in [0.25, 0.3) is 0 Å². The first kappa shape index (κ1) is 12.5. The van der Waals surface area contributed by atoms with Gasteiger partial charge in [-0.2, -0.15) is 0 Å². The summed E-state index contributed by atoms with van der Waals surface area (Å²) in [5.74, 6) is 0. The number of rotatable bonds is 3. The van der Waals surface area contributed by atoms with Crippen molar-refractivity contribution in [1.29, 1.82) is 0 Å². The first-order chi connectivity index (χ1) is 8.25. The van der Waals surface area contributed by atoms with Crippen LogP contribution in [0.3, 0.4) is 0 Å². The number of aromatic nitrogens is 1. The Balaban J connectivity index is 1.88. The van der Waals surface area contributed by atoms with Gasteiger partial charge in [0, 0.05) is 24.5 Å². The normalized spacial score (nSPS) is 24.2. The molecular formula is C14H23N3. The summed E-state index contributed by atoms with van der Waals surface area (Å²) in [5, 5.41) is 3.74. The smallest absolute Gasteiger partial charge is 0.0295 e. The van der Waals surface area contributed by atoms with Crippen molar-refractivity contribution < 1.29 is 0 Å². The molecule has 1 fully saturated rings. The molecule has 2 heterocycles. The standard InChI is InChI=1S/C14H23N3/c1-12(13-5-8-15-9-6-13)16-14-4-3-10-17(2)11-7-14/h5-6,8-9,12,14,16H,3-4,7,10-11H2,1-2H3/t12-,14?/m0/s1. The van der Waals surface area contributed by atoms with Crippen molar-refractivity contribution in [3.05, 3.63) is 30.1 Å². The van der Waals surface area contributed by atoms with E-state index in [9.17, 15) is 0 Å². The van der Waals surface area contributed by atoms with Crippen molar-refractivity contribution in [3.8, 4) is 0 Å². The summed E-state index contributed by atoms with van der Waals surface area (Å²) in [4.78, 5) is 6.49. The van der Waals surface area contributed by atoms with Gasteiger partial charge in [0.05, 0.1) is 0 Å². The molecule has 3 heteroatoms. The van der Waals surface area contributed by atoms with Gasteiger partial charge in [-0.1, -0.05) is 0 Å². The fraction of sp³-hybridized carbons (Fsp3) is 0.643. The van der Waals surface area contributed by atoms with Crippen LogP contribution in [0.15, 0.2) is 24.5 Å². The number of nitrogens with one attached hydrogen (secondary N) is 1. The topological polar surface area (TPSA) is 28.2 Å². The molecule has 3 nitrogen and oxygen atoms in total. The molecule has 17 heavy (non-hydrogen) atoms. The minimum atomic E-state index is 0.423. The van der Waals surface area contributed by atoms with Crippen molar-refractivity contribution in [3.63, 3.8) is 0 Å². The maximum absolute atomic E-state index is 4.07. The highest BCUT2D eigenvalue weighted by Crippen LogP contribution is 2.16. The van der Waals surface area contributed by atoms with Crippen LogP contribution in [0.5, 0.6) is 0 Å². The van der Waals surface area contributed by atoms with Gasteiger partial charge in [0.1, 0.15) is 0 Å². The molecule has 0 aromatic carbocycles. The average Bonchev–Trinajstić information content (AvgIpc) is 2.56. The number of hydrogen-bond donors (Lipinski definition) is 1. The van der Waals surface area contributed by atoms with Gasteiger partial charge in [0.2, 0.25) is 0 Å². The monoisotopic (exact) mass is 233 g/mol. The van der Waals surface area contributed by atoms with Gasteiger partial charge in [-0.3, -0.25) is 4.98 Å².